The number of hydrogen-bond donors (Lipinski definition) is 2. The Kier molecular flexibility index (Phi) is 3.68. The van der Waals surface area contributed by atoms with Crippen LogP contribution in [0.1, 0.15) is 29.0 Å². The zero-order valence-corrected chi connectivity index (χ0v) is 12.4. The lowest BCUT2D eigenvalue weighted by molar-refractivity contribution is 0.0690. The highest BCUT2D eigenvalue weighted by Gasteiger charge is 2.15. The zero-order chi connectivity index (χ0) is 15.7. The SMILES string of the molecule is C[C@H](Nc1cc(Cl)nc2cc(C(=O)O)nn12)c1ccccc1. The minimum Gasteiger partial charge on any atom is -0.476 e. The molecule has 0 aliphatic carbocycles. The van der Waals surface area contributed by atoms with E-state index in [0.29, 0.717) is 11.5 Å². The maximum Gasteiger partial charge on any atom is 0.356 e. The third-order valence-electron chi connectivity index (χ3n) is 3.28. The summed E-state index contributed by atoms with van der Waals surface area (Å²) < 4.78 is 1.44. The first-order chi connectivity index (χ1) is 10.5. The van der Waals surface area contributed by atoms with Crippen LogP contribution < -0.4 is 5.32 Å². The van der Waals surface area contributed by atoms with Gasteiger partial charge >= 0.3 is 5.97 Å². The highest BCUT2D eigenvalue weighted by molar-refractivity contribution is 6.29. The van der Waals surface area contributed by atoms with Gasteiger partial charge in [0.1, 0.15) is 11.0 Å². The van der Waals surface area contributed by atoms with Crippen molar-refractivity contribution < 1.29 is 9.90 Å². The van der Waals surface area contributed by atoms with Gasteiger partial charge in [0.05, 0.1) is 0 Å². The number of carboxylic acids is 1. The Bertz CT molecular complexity index is 832. The van der Waals surface area contributed by atoms with E-state index < -0.39 is 5.97 Å². The summed E-state index contributed by atoms with van der Waals surface area (Å²) in [5.74, 6) is -0.525. The first kappa shape index (κ1) is 14.3. The van der Waals surface area contributed by atoms with Gasteiger partial charge in [-0.2, -0.15) is 9.61 Å². The standard InChI is InChI=1S/C15H13ClN4O2/c1-9(10-5-3-2-4-6-10)17-14-8-12(16)18-13-7-11(15(21)22)19-20(13)14/h2-9,17H,1H3,(H,21,22)/t9-/m0/s1. The molecule has 1 aromatic carbocycles. The fourth-order valence-corrected chi connectivity index (χ4v) is 2.39. The fourth-order valence-electron chi connectivity index (χ4n) is 2.20. The second kappa shape index (κ2) is 5.65. The van der Waals surface area contributed by atoms with Crippen LogP contribution in [-0.4, -0.2) is 25.7 Å². The summed E-state index contributed by atoms with van der Waals surface area (Å²) in [6, 6.07) is 12.9. The molecule has 0 aliphatic heterocycles. The first-order valence-corrected chi connectivity index (χ1v) is 7.03. The van der Waals surface area contributed by atoms with Gasteiger partial charge in [0, 0.05) is 18.2 Å². The van der Waals surface area contributed by atoms with Crippen LogP contribution in [0.3, 0.4) is 0 Å². The van der Waals surface area contributed by atoms with Crippen LogP contribution in [0.25, 0.3) is 5.65 Å². The molecule has 0 amide bonds. The van der Waals surface area contributed by atoms with Crippen LogP contribution >= 0.6 is 11.6 Å². The molecule has 7 heteroatoms. The Hall–Kier alpha value is -2.60. The molecule has 6 nitrogen and oxygen atoms in total. The van der Waals surface area contributed by atoms with Gasteiger partial charge in [0.25, 0.3) is 0 Å². The second-order valence-electron chi connectivity index (χ2n) is 4.85. The quantitative estimate of drug-likeness (QED) is 0.722. The summed E-state index contributed by atoms with van der Waals surface area (Å²) >= 11 is 6.00. The molecular weight excluding hydrogens is 304 g/mol. The van der Waals surface area contributed by atoms with E-state index in [9.17, 15) is 4.79 Å². The third kappa shape index (κ3) is 2.73. The number of fused-ring (bicyclic) bond motifs is 1. The van der Waals surface area contributed by atoms with Crippen molar-refractivity contribution in [3.8, 4) is 0 Å². The molecule has 112 valence electrons. The molecule has 0 fully saturated rings. The molecule has 0 bridgehead atoms. The van der Waals surface area contributed by atoms with Crippen LogP contribution in [0.4, 0.5) is 5.82 Å². The molecule has 3 rings (SSSR count). The number of halogens is 1. The van der Waals surface area contributed by atoms with Crippen LogP contribution in [0.2, 0.25) is 5.15 Å². The summed E-state index contributed by atoms with van der Waals surface area (Å²) in [6.07, 6.45) is 0. The van der Waals surface area contributed by atoms with Crippen LogP contribution in [0.5, 0.6) is 0 Å². The van der Waals surface area contributed by atoms with Gasteiger partial charge in [0.15, 0.2) is 11.3 Å². The van der Waals surface area contributed by atoms with E-state index in [1.165, 1.54) is 10.6 Å². The van der Waals surface area contributed by atoms with Gasteiger partial charge in [-0.1, -0.05) is 41.9 Å². The van der Waals surface area contributed by atoms with Gasteiger partial charge in [0.2, 0.25) is 0 Å². The van der Waals surface area contributed by atoms with E-state index >= 15 is 0 Å². The number of nitrogens with one attached hydrogen (secondary N) is 1. The Morgan fingerprint density at radius 1 is 1.32 bits per heavy atom. The Morgan fingerprint density at radius 2 is 2.05 bits per heavy atom. The molecule has 0 radical (unpaired) electrons. The zero-order valence-electron chi connectivity index (χ0n) is 11.7. The number of nitrogens with zero attached hydrogens (tertiary/aromatic N) is 3. The largest absolute Gasteiger partial charge is 0.476 e. The molecule has 1 atom stereocenters. The third-order valence-corrected chi connectivity index (χ3v) is 3.47. The van der Waals surface area contributed by atoms with Crippen molar-refractivity contribution in [2.45, 2.75) is 13.0 Å². The van der Waals surface area contributed by atoms with Crippen molar-refractivity contribution in [2.24, 2.45) is 0 Å². The number of carboxylic acid groups (broad SMARTS) is 1. The minimum atomic E-state index is -1.11. The van der Waals surface area contributed by atoms with E-state index in [0.717, 1.165) is 5.56 Å². The summed E-state index contributed by atoms with van der Waals surface area (Å²) in [4.78, 5) is 15.1. The number of hydrogen-bond acceptors (Lipinski definition) is 4. The topological polar surface area (TPSA) is 79.5 Å². The van der Waals surface area contributed by atoms with Crippen molar-refractivity contribution in [1.29, 1.82) is 0 Å². The van der Waals surface area contributed by atoms with Crippen molar-refractivity contribution in [1.82, 2.24) is 14.6 Å². The number of anilines is 1. The summed E-state index contributed by atoms with van der Waals surface area (Å²) in [7, 11) is 0. The Balaban J connectivity index is 2.01. The summed E-state index contributed by atoms with van der Waals surface area (Å²) in [5.41, 5.74) is 1.40. The number of benzene rings is 1. The van der Waals surface area contributed by atoms with Crippen LogP contribution in [0.15, 0.2) is 42.5 Å². The normalized spacial score (nSPS) is 12.3. The molecule has 0 aliphatic rings. The molecule has 0 unspecified atom stereocenters. The fraction of sp³-hybridized carbons (Fsp3) is 0.133. The average Bonchev–Trinajstić information content (AvgIpc) is 2.92. The average molecular weight is 317 g/mol. The number of aromatic nitrogens is 3. The number of rotatable bonds is 4. The first-order valence-electron chi connectivity index (χ1n) is 6.65. The Morgan fingerprint density at radius 3 is 2.73 bits per heavy atom. The van der Waals surface area contributed by atoms with Crippen molar-refractivity contribution in [2.75, 3.05) is 5.32 Å². The molecule has 0 spiro atoms. The van der Waals surface area contributed by atoms with Gasteiger partial charge in [-0.05, 0) is 12.5 Å². The lowest BCUT2D eigenvalue weighted by Gasteiger charge is -2.16. The molecular formula is C15H13ClN4O2. The summed E-state index contributed by atoms with van der Waals surface area (Å²) in [5, 5.41) is 16.6. The van der Waals surface area contributed by atoms with Crippen LogP contribution in [0, 0.1) is 0 Å². The van der Waals surface area contributed by atoms with Crippen molar-refractivity contribution in [3.05, 3.63) is 58.9 Å². The number of carbonyl (C=O) groups is 1. The molecule has 22 heavy (non-hydrogen) atoms. The Labute approximate surface area is 131 Å². The summed E-state index contributed by atoms with van der Waals surface area (Å²) in [6.45, 7) is 2.00. The monoisotopic (exact) mass is 316 g/mol. The van der Waals surface area contributed by atoms with Gasteiger partial charge < -0.3 is 10.4 Å². The predicted molar refractivity (Wildman–Crippen MR) is 83.4 cm³/mol. The maximum absolute atomic E-state index is 11.1. The molecule has 2 aromatic heterocycles. The van der Waals surface area contributed by atoms with Gasteiger partial charge in [-0.3, -0.25) is 0 Å². The van der Waals surface area contributed by atoms with Crippen molar-refractivity contribution in [3.63, 3.8) is 0 Å². The molecule has 0 saturated heterocycles. The minimum absolute atomic E-state index is 0.000319. The molecule has 3 aromatic rings. The van der Waals surface area contributed by atoms with E-state index in [2.05, 4.69) is 15.4 Å². The molecule has 0 saturated carbocycles. The van der Waals surface area contributed by atoms with Crippen LogP contribution in [-0.2, 0) is 0 Å². The smallest absolute Gasteiger partial charge is 0.356 e. The van der Waals surface area contributed by atoms with E-state index in [4.69, 9.17) is 16.7 Å². The highest BCUT2D eigenvalue weighted by atomic mass is 35.5. The second-order valence-corrected chi connectivity index (χ2v) is 5.23. The van der Waals surface area contributed by atoms with Crippen molar-refractivity contribution >= 4 is 29.0 Å². The van der Waals surface area contributed by atoms with E-state index in [-0.39, 0.29) is 16.9 Å². The van der Waals surface area contributed by atoms with E-state index in [1.54, 1.807) is 6.07 Å². The van der Waals surface area contributed by atoms with Gasteiger partial charge in [-0.15, -0.1) is 0 Å². The van der Waals surface area contributed by atoms with E-state index in [1.807, 2.05) is 37.3 Å². The lowest BCUT2D eigenvalue weighted by atomic mass is 10.1. The highest BCUT2D eigenvalue weighted by Crippen LogP contribution is 2.22. The predicted octanol–water partition coefficient (Wildman–Crippen LogP) is 3.25. The number of aromatic carboxylic acids is 1. The molecule has 2 heterocycles. The maximum atomic E-state index is 11.1. The lowest BCUT2D eigenvalue weighted by Crippen LogP contribution is -2.11. The van der Waals surface area contributed by atoms with Gasteiger partial charge in [-0.25, -0.2) is 9.78 Å². The molecule has 2 N–H and O–H groups in total.